The Bertz CT molecular complexity index is 1490. The highest BCUT2D eigenvalue weighted by Gasteiger charge is 2.54. The fourth-order valence-electron chi connectivity index (χ4n) is 8.36. The van der Waals surface area contributed by atoms with E-state index >= 15 is 0 Å². The van der Waals surface area contributed by atoms with Crippen molar-refractivity contribution in [2.24, 2.45) is 5.92 Å². The number of hydrogen-bond acceptors (Lipinski definition) is 7. The van der Waals surface area contributed by atoms with E-state index in [0.29, 0.717) is 13.2 Å². The van der Waals surface area contributed by atoms with Gasteiger partial charge in [-0.25, -0.2) is 14.8 Å². The monoisotopic (exact) mass is 632 g/mol. The minimum Gasteiger partial charge on any atom is -0.453 e. The maximum absolute atomic E-state index is 14.3. The molecule has 2 saturated heterocycles. The molecule has 2 atom stereocenters. The number of thioether (sulfide) groups is 1. The van der Waals surface area contributed by atoms with Gasteiger partial charge in [0, 0.05) is 49.1 Å². The molecule has 2 amide bonds. The summed E-state index contributed by atoms with van der Waals surface area (Å²) in [5, 5.41) is 2.81. The number of fused-ring (bicyclic) bond motifs is 3. The van der Waals surface area contributed by atoms with Crippen molar-refractivity contribution in [3.05, 3.63) is 60.1 Å². The van der Waals surface area contributed by atoms with Crippen LogP contribution >= 0.6 is 11.8 Å². The average molecular weight is 633 g/mol. The highest BCUT2D eigenvalue weighted by atomic mass is 32.2. The van der Waals surface area contributed by atoms with E-state index in [2.05, 4.69) is 44.5 Å². The first-order valence-electron chi connectivity index (χ1n) is 16.3. The number of aromatic amines is 2. The second-order valence-corrected chi connectivity index (χ2v) is 15.1. The van der Waals surface area contributed by atoms with Crippen LogP contribution in [-0.4, -0.2) is 73.8 Å². The second kappa shape index (κ2) is 11.8. The molecule has 240 valence electrons. The third-order valence-corrected chi connectivity index (χ3v) is 12.8. The van der Waals surface area contributed by atoms with Crippen LogP contribution in [0.3, 0.4) is 0 Å². The van der Waals surface area contributed by atoms with Crippen molar-refractivity contribution in [3.63, 3.8) is 0 Å². The summed E-state index contributed by atoms with van der Waals surface area (Å²) in [5.74, 6) is 1.42. The lowest BCUT2D eigenvalue weighted by Gasteiger charge is -2.53. The predicted molar refractivity (Wildman–Crippen MR) is 173 cm³/mol. The standard InChI is InChI=1S/C34H44N6O4S/c1-22(2)28(39-31(42)43-3)30(41)40-26(20-45-34(40)14-16-44-17-15-34)29-36-19-27(38-29)33-11-8-32(9-12-33,10-13-33)24-6-4-23(5-7-24)25-18-35-21-37-25/h4-7,18-19,21-22,26,28H,8-17,20H2,1-3H3,(H,35,37)(H,36,38)(H,39,42). The summed E-state index contributed by atoms with van der Waals surface area (Å²) in [4.78, 5) is 44.3. The molecule has 3 N–H and O–H groups in total. The summed E-state index contributed by atoms with van der Waals surface area (Å²) in [7, 11) is 1.33. The van der Waals surface area contributed by atoms with E-state index < -0.39 is 12.1 Å². The number of carbonyl (C=O) groups is 2. The topological polar surface area (TPSA) is 125 Å². The molecule has 11 heteroatoms. The van der Waals surface area contributed by atoms with E-state index in [1.165, 1.54) is 23.9 Å². The Kier molecular flexibility index (Phi) is 7.96. The van der Waals surface area contributed by atoms with Gasteiger partial charge in [0.1, 0.15) is 17.9 Å². The molecule has 3 aliphatic carbocycles. The number of nitrogens with zero attached hydrogens (tertiary/aromatic N) is 3. The van der Waals surface area contributed by atoms with E-state index in [1.807, 2.05) is 42.9 Å². The van der Waals surface area contributed by atoms with Crippen LogP contribution in [0.4, 0.5) is 4.79 Å². The van der Waals surface area contributed by atoms with Crippen LogP contribution in [-0.2, 0) is 25.1 Å². The molecule has 1 aromatic carbocycles. The molecule has 10 nitrogen and oxygen atoms in total. The number of hydrogen-bond donors (Lipinski definition) is 3. The zero-order chi connectivity index (χ0) is 31.2. The first-order valence-corrected chi connectivity index (χ1v) is 17.3. The number of amides is 2. The van der Waals surface area contributed by atoms with Gasteiger partial charge in [0.25, 0.3) is 0 Å². The van der Waals surface area contributed by atoms with Gasteiger partial charge in [-0.1, -0.05) is 38.1 Å². The van der Waals surface area contributed by atoms with Gasteiger partial charge in [0.2, 0.25) is 5.91 Å². The molecule has 2 bridgehead atoms. The van der Waals surface area contributed by atoms with Gasteiger partial charge in [0.05, 0.1) is 30.2 Å². The lowest BCUT2D eigenvalue weighted by Crippen LogP contribution is -2.58. The van der Waals surface area contributed by atoms with Crippen LogP contribution in [0.5, 0.6) is 0 Å². The highest BCUT2D eigenvalue weighted by Crippen LogP contribution is 2.59. The Labute approximate surface area is 268 Å². The third-order valence-electron chi connectivity index (χ3n) is 11.2. The summed E-state index contributed by atoms with van der Waals surface area (Å²) in [6, 6.07) is 8.18. The van der Waals surface area contributed by atoms with E-state index in [1.54, 1.807) is 6.33 Å². The van der Waals surface area contributed by atoms with Gasteiger partial charge in [-0.15, -0.1) is 11.8 Å². The van der Waals surface area contributed by atoms with Crippen molar-refractivity contribution < 1.29 is 19.1 Å². The maximum Gasteiger partial charge on any atom is 0.407 e. The van der Waals surface area contributed by atoms with Crippen LogP contribution in [0, 0.1) is 5.92 Å². The van der Waals surface area contributed by atoms with Crippen LogP contribution in [0.25, 0.3) is 11.3 Å². The minimum absolute atomic E-state index is 0.0814. The quantitative estimate of drug-likeness (QED) is 0.299. The molecule has 0 radical (unpaired) electrons. The Hall–Kier alpha value is -3.31. The smallest absolute Gasteiger partial charge is 0.407 e. The number of methoxy groups -OCH3 is 1. The SMILES string of the molecule is COC(=O)NC(C(=O)N1C(c2ncc(C34CCC(c5ccc(-c6cnc[nH]6)cc5)(CC3)CC4)[nH]2)CSC12CCOCC2)C(C)C. The van der Waals surface area contributed by atoms with Crippen molar-refractivity contribution in [3.8, 4) is 11.3 Å². The molecule has 2 aliphatic heterocycles. The van der Waals surface area contributed by atoms with Crippen LogP contribution in [0.1, 0.15) is 88.3 Å². The molecule has 2 aromatic heterocycles. The van der Waals surface area contributed by atoms with Crippen molar-refractivity contribution in [1.29, 1.82) is 0 Å². The number of nitrogens with one attached hydrogen (secondary N) is 3. The summed E-state index contributed by atoms with van der Waals surface area (Å²) >= 11 is 1.83. The van der Waals surface area contributed by atoms with E-state index in [-0.39, 0.29) is 33.6 Å². The lowest BCUT2D eigenvalue weighted by atomic mass is 9.51. The number of aromatic nitrogens is 4. The zero-order valence-corrected chi connectivity index (χ0v) is 27.3. The van der Waals surface area contributed by atoms with E-state index in [0.717, 1.165) is 68.6 Å². The lowest BCUT2D eigenvalue weighted by molar-refractivity contribution is -0.142. The van der Waals surface area contributed by atoms with Crippen molar-refractivity contribution in [2.75, 3.05) is 26.1 Å². The summed E-state index contributed by atoms with van der Waals surface area (Å²) in [6.07, 6.45) is 13.4. The van der Waals surface area contributed by atoms with Gasteiger partial charge in [0.15, 0.2) is 0 Å². The van der Waals surface area contributed by atoms with Gasteiger partial charge in [-0.05, 0) is 61.0 Å². The number of carbonyl (C=O) groups excluding carboxylic acids is 2. The number of H-pyrrole nitrogens is 2. The van der Waals surface area contributed by atoms with Gasteiger partial charge < -0.3 is 29.7 Å². The first kappa shape index (κ1) is 30.3. The average Bonchev–Trinajstić information content (AvgIpc) is 3.86. The second-order valence-electron chi connectivity index (χ2n) is 13.7. The van der Waals surface area contributed by atoms with Gasteiger partial charge >= 0.3 is 6.09 Å². The van der Waals surface area contributed by atoms with Crippen LogP contribution in [0.2, 0.25) is 0 Å². The Morgan fingerprint density at radius 1 is 1.02 bits per heavy atom. The molecule has 3 aromatic rings. The Morgan fingerprint density at radius 3 is 2.33 bits per heavy atom. The van der Waals surface area contributed by atoms with E-state index in [9.17, 15) is 9.59 Å². The molecule has 45 heavy (non-hydrogen) atoms. The minimum atomic E-state index is -0.690. The predicted octanol–water partition coefficient (Wildman–Crippen LogP) is 5.85. The normalized spacial score (nSPS) is 28.0. The summed E-state index contributed by atoms with van der Waals surface area (Å²) < 4.78 is 10.6. The maximum atomic E-state index is 14.3. The van der Waals surface area contributed by atoms with Gasteiger partial charge in [-0.3, -0.25) is 4.79 Å². The Morgan fingerprint density at radius 2 is 1.71 bits per heavy atom. The first-order chi connectivity index (χ1) is 21.8. The Balaban J connectivity index is 1.11. The fourth-order valence-corrected chi connectivity index (χ4v) is 9.94. The summed E-state index contributed by atoms with van der Waals surface area (Å²) in [6.45, 7) is 5.13. The molecular formula is C34H44N6O4S. The molecule has 1 spiro atoms. The molecule has 5 aliphatic rings. The van der Waals surface area contributed by atoms with Crippen LogP contribution < -0.4 is 5.32 Å². The number of rotatable bonds is 7. The summed E-state index contributed by atoms with van der Waals surface area (Å²) in [5.41, 5.74) is 5.19. The molecule has 5 fully saturated rings. The van der Waals surface area contributed by atoms with Crippen molar-refractivity contribution in [2.45, 2.75) is 93.0 Å². The third kappa shape index (κ3) is 5.25. The number of imidazole rings is 2. The molecule has 8 rings (SSSR count). The van der Waals surface area contributed by atoms with Crippen LogP contribution in [0.15, 0.2) is 43.0 Å². The van der Waals surface area contributed by atoms with E-state index in [4.69, 9.17) is 14.5 Å². The largest absolute Gasteiger partial charge is 0.453 e. The number of ether oxygens (including phenoxy) is 2. The number of alkyl carbamates (subject to hydrolysis) is 1. The molecular weight excluding hydrogens is 588 g/mol. The van der Waals surface area contributed by atoms with Crippen molar-refractivity contribution in [1.82, 2.24) is 30.2 Å². The molecule has 2 unspecified atom stereocenters. The van der Waals surface area contributed by atoms with Crippen molar-refractivity contribution >= 4 is 23.8 Å². The van der Waals surface area contributed by atoms with Gasteiger partial charge in [-0.2, -0.15) is 0 Å². The zero-order valence-electron chi connectivity index (χ0n) is 26.4. The fraction of sp³-hybridized carbons (Fsp3) is 0.588. The number of benzene rings is 1. The molecule has 3 saturated carbocycles. The highest BCUT2D eigenvalue weighted by molar-refractivity contribution is 8.00. The molecule has 4 heterocycles.